The average Bonchev–Trinajstić information content (AvgIpc) is 2.67. The maximum absolute atomic E-state index is 12.6. The van der Waals surface area contributed by atoms with Gasteiger partial charge in [0.05, 0.1) is 10.7 Å². The van der Waals surface area contributed by atoms with Crippen molar-refractivity contribution in [1.82, 2.24) is 0 Å². The number of hydrogen-bond acceptors (Lipinski definition) is 4. The van der Waals surface area contributed by atoms with Crippen LogP contribution in [0.1, 0.15) is 5.56 Å². The van der Waals surface area contributed by atoms with Gasteiger partial charge in [-0.05, 0) is 55.0 Å². The van der Waals surface area contributed by atoms with Gasteiger partial charge in [0.15, 0.2) is 11.5 Å². The third-order valence-corrected chi connectivity index (χ3v) is 5.93. The zero-order valence-electron chi connectivity index (χ0n) is 16.1. The predicted octanol–water partition coefficient (Wildman–Crippen LogP) is 7.29. The molecule has 0 aliphatic rings. The summed E-state index contributed by atoms with van der Waals surface area (Å²) >= 11 is 24.0. The molecule has 0 unspecified atom stereocenters. The van der Waals surface area contributed by atoms with Crippen molar-refractivity contribution in [3.63, 3.8) is 0 Å². The minimum absolute atomic E-state index is 0.00138. The van der Waals surface area contributed by atoms with Gasteiger partial charge in [-0.3, -0.25) is 4.55 Å². The van der Waals surface area contributed by atoms with E-state index in [4.69, 9.17) is 51.1 Å². The largest absolute Gasteiger partial charge is 0.452 e. The molecule has 0 atom stereocenters. The second-order valence-electron chi connectivity index (χ2n) is 6.47. The molecule has 7 nitrogen and oxygen atoms in total. The van der Waals surface area contributed by atoms with Crippen LogP contribution in [0.5, 0.6) is 11.5 Å². The van der Waals surface area contributed by atoms with Gasteiger partial charge in [-0.1, -0.05) is 52.5 Å². The summed E-state index contributed by atoms with van der Waals surface area (Å²) in [4.78, 5) is 11.9. The number of halogens is 4. The van der Waals surface area contributed by atoms with Gasteiger partial charge in [-0.2, -0.15) is 8.42 Å². The maximum atomic E-state index is 12.6. The molecular formula is C20H14Cl4N2O5S. The molecule has 0 spiro atoms. The molecule has 0 saturated carbocycles. The summed E-state index contributed by atoms with van der Waals surface area (Å²) in [6, 6.07) is 10.8. The third-order valence-electron chi connectivity index (χ3n) is 4.10. The van der Waals surface area contributed by atoms with Gasteiger partial charge in [-0.15, -0.1) is 0 Å². The lowest BCUT2D eigenvalue weighted by molar-refractivity contribution is 0.262. The van der Waals surface area contributed by atoms with Gasteiger partial charge in [-0.25, -0.2) is 4.79 Å². The van der Waals surface area contributed by atoms with Crippen molar-refractivity contribution in [1.29, 1.82) is 0 Å². The van der Waals surface area contributed by atoms with Crippen molar-refractivity contribution in [2.75, 3.05) is 10.6 Å². The minimum Gasteiger partial charge on any atom is -0.452 e. The van der Waals surface area contributed by atoms with Crippen LogP contribution in [0.4, 0.5) is 16.2 Å². The van der Waals surface area contributed by atoms with Crippen LogP contribution in [0.2, 0.25) is 20.1 Å². The standard InChI is InChI=1S/C20H14Cl4N2O5S/c1-10-2-3-11(21)7-15(10)25-20(27)26-16-8-12(22)4-5-17(16)31-19-14(24)6-13(23)9-18(19)32(28,29)30/h2-9H,1H3,(H2,25,26,27)(H,28,29,30). The summed E-state index contributed by atoms with van der Waals surface area (Å²) in [7, 11) is -4.72. The highest BCUT2D eigenvalue weighted by Gasteiger charge is 2.23. The lowest BCUT2D eigenvalue weighted by Crippen LogP contribution is -2.20. The molecule has 3 N–H and O–H groups in total. The van der Waals surface area contributed by atoms with E-state index >= 15 is 0 Å². The van der Waals surface area contributed by atoms with Crippen LogP contribution < -0.4 is 15.4 Å². The Balaban J connectivity index is 1.95. The highest BCUT2D eigenvalue weighted by Crippen LogP contribution is 2.41. The summed E-state index contributed by atoms with van der Waals surface area (Å²) in [5.41, 5.74) is 1.36. The van der Waals surface area contributed by atoms with Crippen LogP contribution >= 0.6 is 46.4 Å². The number of hydrogen-bond donors (Lipinski definition) is 3. The van der Waals surface area contributed by atoms with Crippen LogP contribution in [-0.2, 0) is 10.1 Å². The van der Waals surface area contributed by atoms with Crippen molar-refractivity contribution >= 4 is 73.9 Å². The normalized spacial score (nSPS) is 11.2. The smallest absolute Gasteiger partial charge is 0.323 e. The first-order chi connectivity index (χ1) is 14.9. The average molecular weight is 536 g/mol. The van der Waals surface area contributed by atoms with Gasteiger partial charge in [0, 0.05) is 20.8 Å². The first-order valence-corrected chi connectivity index (χ1v) is 11.7. The fourth-order valence-electron chi connectivity index (χ4n) is 2.63. The highest BCUT2D eigenvalue weighted by molar-refractivity contribution is 7.86. The van der Waals surface area contributed by atoms with Crippen LogP contribution in [-0.4, -0.2) is 19.0 Å². The molecule has 0 aliphatic carbocycles. The lowest BCUT2D eigenvalue weighted by Gasteiger charge is -2.16. The number of ether oxygens (including phenoxy) is 1. The number of nitrogens with one attached hydrogen (secondary N) is 2. The topological polar surface area (TPSA) is 105 Å². The Labute approximate surface area is 203 Å². The van der Waals surface area contributed by atoms with E-state index in [0.717, 1.165) is 11.6 Å². The second kappa shape index (κ2) is 9.74. The number of rotatable bonds is 5. The molecule has 0 radical (unpaired) electrons. The molecule has 3 aromatic rings. The Bertz CT molecular complexity index is 1320. The van der Waals surface area contributed by atoms with Gasteiger partial charge >= 0.3 is 6.03 Å². The van der Waals surface area contributed by atoms with Crippen molar-refractivity contribution in [3.05, 3.63) is 74.2 Å². The molecule has 0 saturated heterocycles. The number of anilines is 2. The molecule has 0 aromatic heterocycles. The molecule has 32 heavy (non-hydrogen) atoms. The second-order valence-corrected chi connectivity index (χ2v) is 9.58. The van der Waals surface area contributed by atoms with Crippen molar-refractivity contribution in [3.8, 4) is 11.5 Å². The van der Waals surface area contributed by atoms with Gasteiger partial charge in [0.25, 0.3) is 10.1 Å². The van der Waals surface area contributed by atoms with Crippen molar-refractivity contribution in [2.24, 2.45) is 0 Å². The molecule has 3 aromatic carbocycles. The quantitative estimate of drug-likeness (QED) is 0.297. The molecule has 0 bridgehead atoms. The Morgan fingerprint density at radius 2 is 1.47 bits per heavy atom. The van der Waals surface area contributed by atoms with Gasteiger partial charge < -0.3 is 15.4 Å². The maximum Gasteiger partial charge on any atom is 0.323 e. The molecule has 2 amide bonds. The van der Waals surface area contributed by atoms with Gasteiger partial charge in [0.2, 0.25) is 0 Å². The number of benzene rings is 3. The Morgan fingerprint density at radius 1 is 0.875 bits per heavy atom. The van der Waals surface area contributed by atoms with E-state index in [2.05, 4.69) is 10.6 Å². The van der Waals surface area contributed by atoms with Crippen LogP contribution in [0, 0.1) is 6.92 Å². The molecule has 3 rings (SSSR count). The number of carbonyl (C=O) groups excluding carboxylic acids is 1. The van der Waals surface area contributed by atoms with E-state index < -0.39 is 21.0 Å². The van der Waals surface area contributed by atoms with E-state index in [1.54, 1.807) is 25.1 Å². The van der Waals surface area contributed by atoms with Crippen molar-refractivity contribution < 1.29 is 22.5 Å². The number of amides is 2. The number of carbonyl (C=O) groups is 1. The Kier molecular flexibility index (Phi) is 7.44. The first kappa shape index (κ1) is 24.4. The van der Waals surface area contributed by atoms with Gasteiger partial charge in [0.1, 0.15) is 4.90 Å². The molecule has 0 fully saturated rings. The fraction of sp³-hybridized carbons (Fsp3) is 0.0500. The van der Waals surface area contributed by atoms with Crippen LogP contribution in [0.25, 0.3) is 0 Å². The van der Waals surface area contributed by atoms with E-state index in [9.17, 15) is 17.8 Å². The minimum atomic E-state index is -4.72. The zero-order chi connectivity index (χ0) is 23.6. The fourth-order valence-corrected chi connectivity index (χ4v) is 4.29. The summed E-state index contributed by atoms with van der Waals surface area (Å²) < 4.78 is 38.7. The molecule has 168 valence electrons. The predicted molar refractivity (Wildman–Crippen MR) is 127 cm³/mol. The summed E-state index contributed by atoms with van der Waals surface area (Å²) in [6.45, 7) is 1.79. The number of aryl methyl sites for hydroxylation is 1. The van der Waals surface area contributed by atoms with E-state index in [0.29, 0.717) is 10.7 Å². The van der Waals surface area contributed by atoms with E-state index in [-0.39, 0.29) is 32.3 Å². The monoisotopic (exact) mass is 534 g/mol. The SMILES string of the molecule is Cc1ccc(Cl)cc1NC(=O)Nc1cc(Cl)ccc1Oc1c(Cl)cc(Cl)cc1S(=O)(=O)O. The summed E-state index contributed by atoms with van der Waals surface area (Å²) in [5.74, 6) is -0.378. The molecule has 0 aliphatic heterocycles. The van der Waals surface area contributed by atoms with E-state index in [1.807, 2.05) is 0 Å². The van der Waals surface area contributed by atoms with E-state index in [1.165, 1.54) is 24.3 Å². The Morgan fingerprint density at radius 3 is 2.12 bits per heavy atom. The Hall–Kier alpha value is -2.20. The molecule has 12 heteroatoms. The zero-order valence-corrected chi connectivity index (χ0v) is 20.0. The highest BCUT2D eigenvalue weighted by atomic mass is 35.5. The molecule has 0 heterocycles. The number of urea groups is 1. The summed E-state index contributed by atoms with van der Waals surface area (Å²) in [6.07, 6.45) is 0. The molecular weight excluding hydrogens is 522 g/mol. The first-order valence-electron chi connectivity index (χ1n) is 8.72. The lowest BCUT2D eigenvalue weighted by atomic mass is 10.2. The van der Waals surface area contributed by atoms with Crippen LogP contribution in [0.15, 0.2) is 53.4 Å². The summed E-state index contributed by atoms with van der Waals surface area (Å²) in [5, 5.41) is 5.73. The van der Waals surface area contributed by atoms with Crippen LogP contribution in [0.3, 0.4) is 0 Å². The third kappa shape index (κ3) is 5.98. The van der Waals surface area contributed by atoms with Crippen molar-refractivity contribution in [2.45, 2.75) is 11.8 Å².